The highest BCUT2D eigenvalue weighted by Gasteiger charge is 2.29. The van der Waals surface area contributed by atoms with Gasteiger partial charge < -0.3 is 15.0 Å². The zero-order valence-corrected chi connectivity index (χ0v) is 13.6. The van der Waals surface area contributed by atoms with E-state index in [1.165, 1.54) is 0 Å². The van der Waals surface area contributed by atoms with E-state index in [2.05, 4.69) is 41.8 Å². The van der Waals surface area contributed by atoms with Gasteiger partial charge in [0.2, 0.25) is 0 Å². The molecular weight excluding hydrogens is 355 g/mol. The fourth-order valence-electron chi connectivity index (χ4n) is 2.29. The van der Waals surface area contributed by atoms with Crippen LogP contribution in [-0.2, 0) is 0 Å². The van der Waals surface area contributed by atoms with E-state index in [0.29, 0.717) is 6.04 Å². The predicted molar refractivity (Wildman–Crippen MR) is 83.7 cm³/mol. The van der Waals surface area contributed by atoms with Gasteiger partial charge in [0.1, 0.15) is 5.75 Å². The summed E-state index contributed by atoms with van der Waals surface area (Å²) in [5, 5.41) is 3.39. The zero-order valence-electron chi connectivity index (χ0n) is 11.4. The summed E-state index contributed by atoms with van der Waals surface area (Å²) in [4.78, 5) is 14.6. The molecule has 0 radical (unpaired) electrons. The molecule has 104 valence electrons. The highest BCUT2D eigenvalue weighted by Crippen LogP contribution is 2.22. The number of ether oxygens (including phenoxy) is 1. The third-order valence-electron chi connectivity index (χ3n) is 3.70. The van der Waals surface area contributed by atoms with Crippen LogP contribution in [0.1, 0.15) is 24.2 Å². The Balaban J connectivity index is 2.24. The molecule has 19 heavy (non-hydrogen) atoms. The van der Waals surface area contributed by atoms with Crippen LogP contribution in [0.2, 0.25) is 0 Å². The average Bonchev–Trinajstić information content (AvgIpc) is 2.41. The molecule has 0 aliphatic carbocycles. The molecule has 0 bridgehead atoms. The van der Waals surface area contributed by atoms with Crippen molar-refractivity contribution >= 4 is 28.5 Å². The van der Waals surface area contributed by atoms with Gasteiger partial charge in [-0.15, -0.1) is 0 Å². The second kappa shape index (κ2) is 6.09. The fraction of sp³-hybridized carbons (Fsp3) is 0.500. The van der Waals surface area contributed by atoms with Crippen molar-refractivity contribution in [2.24, 2.45) is 0 Å². The quantitative estimate of drug-likeness (QED) is 0.807. The topological polar surface area (TPSA) is 41.6 Å². The monoisotopic (exact) mass is 374 g/mol. The molecule has 2 rings (SSSR count). The number of rotatable bonds is 2. The fourth-order valence-corrected chi connectivity index (χ4v) is 3.01. The molecule has 1 aromatic rings. The maximum Gasteiger partial charge on any atom is 0.255 e. The predicted octanol–water partition coefficient (Wildman–Crippen LogP) is 2.12. The summed E-state index contributed by atoms with van der Waals surface area (Å²) in [7, 11) is 1.63. The van der Waals surface area contributed by atoms with Crippen molar-refractivity contribution < 1.29 is 9.53 Å². The minimum absolute atomic E-state index is 0.105. The third kappa shape index (κ3) is 3.02. The number of carbonyl (C=O) groups is 1. The van der Waals surface area contributed by atoms with Crippen LogP contribution in [0.15, 0.2) is 18.2 Å². The van der Waals surface area contributed by atoms with Gasteiger partial charge in [-0.1, -0.05) is 0 Å². The lowest BCUT2D eigenvalue weighted by atomic mass is 10.1. The maximum absolute atomic E-state index is 12.6. The number of nitrogens with one attached hydrogen (secondary N) is 1. The van der Waals surface area contributed by atoms with Gasteiger partial charge in [-0.05, 0) is 54.6 Å². The lowest BCUT2D eigenvalue weighted by molar-refractivity contribution is 0.0602. The van der Waals surface area contributed by atoms with E-state index in [0.717, 1.165) is 28.0 Å². The van der Waals surface area contributed by atoms with E-state index < -0.39 is 0 Å². The summed E-state index contributed by atoms with van der Waals surface area (Å²) in [5.74, 6) is 0.885. The maximum atomic E-state index is 12.6. The summed E-state index contributed by atoms with van der Waals surface area (Å²) in [6.45, 7) is 5.81. The first-order valence-electron chi connectivity index (χ1n) is 6.42. The van der Waals surface area contributed by atoms with Crippen LogP contribution in [0.3, 0.4) is 0 Å². The lowest BCUT2D eigenvalue weighted by Gasteiger charge is -2.38. The number of carbonyl (C=O) groups excluding carboxylic acids is 1. The normalized spacial score (nSPS) is 23.3. The number of benzene rings is 1. The van der Waals surface area contributed by atoms with Gasteiger partial charge in [-0.2, -0.15) is 0 Å². The Labute approximate surface area is 127 Å². The van der Waals surface area contributed by atoms with Gasteiger partial charge in [0.15, 0.2) is 0 Å². The van der Waals surface area contributed by atoms with E-state index in [1.807, 2.05) is 23.1 Å². The summed E-state index contributed by atoms with van der Waals surface area (Å²) in [5.41, 5.74) is 0.752. The Morgan fingerprint density at radius 1 is 1.47 bits per heavy atom. The second-order valence-corrected chi connectivity index (χ2v) is 5.99. The molecule has 1 aliphatic rings. The smallest absolute Gasteiger partial charge is 0.255 e. The molecule has 1 saturated heterocycles. The van der Waals surface area contributed by atoms with E-state index in [-0.39, 0.29) is 11.9 Å². The van der Waals surface area contributed by atoms with E-state index in [4.69, 9.17) is 4.74 Å². The Bertz CT molecular complexity index is 479. The van der Waals surface area contributed by atoms with Gasteiger partial charge >= 0.3 is 0 Å². The first kappa shape index (κ1) is 14.6. The number of piperazine rings is 1. The van der Waals surface area contributed by atoms with Crippen molar-refractivity contribution in [1.29, 1.82) is 0 Å². The molecule has 1 aromatic carbocycles. The molecule has 1 heterocycles. The Morgan fingerprint density at radius 3 is 2.84 bits per heavy atom. The number of hydrogen-bond acceptors (Lipinski definition) is 3. The minimum atomic E-state index is 0.105. The number of methoxy groups -OCH3 is 1. The van der Waals surface area contributed by atoms with Crippen molar-refractivity contribution in [3.05, 3.63) is 27.3 Å². The first-order chi connectivity index (χ1) is 9.04. The summed E-state index contributed by atoms with van der Waals surface area (Å²) >= 11 is 2.19. The average molecular weight is 374 g/mol. The molecule has 2 unspecified atom stereocenters. The van der Waals surface area contributed by atoms with Gasteiger partial charge in [0.25, 0.3) is 5.91 Å². The standard InChI is InChI=1S/C14H19IN2O2/c1-9-10(2)17(7-6-16-9)14(18)12-5-4-11(19-3)8-13(12)15/h4-5,8-10,16H,6-7H2,1-3H3. The van der Waals surface area contributed by atoms with Crippen molar-refractivity contribution in [2.45, 2.75) is 25.9 Å². The highest BCUT2D eigenvalue weighted by atomic mass is 127. The SMILES string of the molecule is COc1ccc(C(=O)N2CCNC(C)C2C)c(I)c1. The van der Waals surface area contributed by atoms with Crippen molar-refractivity contribution in [2.75, 3.05) is 20.2 Å². The molecule has 5 heteroatoms. The second-order valence-electron chi connectivity index (χ2n) is 4.83. The van der Waals surface area contributed by atoms with Crippen LogP contribution in [0.5, 0.6) is 5.75 Å². The molecule has 4 nitrogen and oxygen atoms in total. The molecule has 0 saturated carbocycles. The van der Waals surface area contributed by atoms with Gasteiger partial charge in [0.05, 0.1) is 12.7 Å². The van der Waals surface area contributed by atoms with Crippen LogP contribution >= 0.6 is 22.6 Å². The van der Waals surface area contributed by atoms with Crippen molar-refractivity contribution in [1.82, 2.24) is 10.2 Å². The van der Waals surface area contributed by atoms with Crippen LogP contribution in [-0.4, -0.2) is 43.1 Å². The Morgan fingerprint density at radius 2 is 2.21 bits per heavy atom. The van der Waals surface area contributed by atoms with Crippen molar-refractivity contribution in [3.8, 4) is 5.75 Å². The van der Waals surface area contributed by atoms with Crippen molar-refractivity contribution in [3.63, 3.8) is 0 Å². The van der Waals surface area contributed by atoms with Gasteiger partial charge in [-0.3, -0.25) is 4.79 Å². The molecule has 1 amide bonds. The molecule has 1 N–H and O–H groups in total. The molecule has 0 aromatic heterocycles. The van der Waals surface area contributed by atoms with E-state index in [9.17, 15) is 4.79 Å². The third-order valence-corrected chi connectivity index (χ3v) is 4.59. The Kier molecular flexibility index (Phi) is 4.67. The lowest BCUT2D eigenvalue weighted by Crippen LogP contribution is -2.57. The van der Waals surface area contributed by atoms with Gasteiger partial charge in [0, 0.05) is 28.7 Å². The number of amides is 1. The minimum Gasteiger partial charge on any atom is -0.497 e. The molecule has 1 aliphatic heterocycles. The van der Waals surface area contributed by atoms with Crippen LogP contribution in [0.25, 0.3) is 0 Å². The summed E-state index contributed by atoms with van der Waals surface area (Å²) in [6.07, 6.45) is 0. The van der Waals surface area contributed by atoms with E-state index >= 15 is 0 Å². The number of halogens is 1. The highest BCUT2D eigenvalue weighted by molar-refractivity contribution is 14.1. The largest absolute Gasteiger partial charge is 0.497 e. The molecule has 0 spiro atoms. The Hall–Kier alpha value is -0.820. The zero-order chi connectivity index (χ0) is 14.0. The number of nitrogens with zero attached hydrogens (tertiary/aromatic N) is 1. The van der Waals surface area contributed by atoms with Gasteiger partial charge in [-0.25, -0.2) is 0 Å². The number of hydrogen-bond donors (Lipinski definition) is 1. The first-order valence-corrected chi connectivity index (χ1v) is 7.50. The summed E-state index contributed by atoms with van der Waals surface area (Å²) < 4.78 is 6.10. The van der Waals surface area contributed by atoms with Crippen LogP contribution in [0.4, 0.5) is 0 Å². The summed E-state index contributed by atoms with van der Waals surface area (Å²) in [6, 6.07) is 6.12. The molecular formula is C14H19IN2O2. The van der Waals surface area contributed by atoms with Crippen LogP contribution < -0.4 is 10.1 Å². The van der Waals surface area contributed by atoms with Crippen LogP contribution in [0, 0.1) is 3.57 Å². The molecule has 1 fully saturated rings. The van der Waals surface area contributed by atoms with E-state index in [1.54, 1.807) is 7.11 Å². The molecule has 2 atom stereocenters.